The first-order chi connectivity index (χ1) is 32.9. The molecule has 5 heterocycles. The summed E-state index contributed by atoms with van der Waals surface area (Å²) in [7, 11) is 1.38. The number of likely N-dealkylation sites (N-methyl/N-ethyl adjacent to an activating group) is 1. The molecule has 4 aromatic rings. The maximum absolute atomic E-state index is 15.4. The molecular formula is C47H48FN5O16. The van der Waals surface area contributed by atoms with Crippen molar-refractivity contribution >= 4 is 46.4 Å². The second kappa shape index (κ2) is 19.2. The van der Waals surface area contributed by atoms with Crippen molar-refractivity contribution in [3.63, 3.8) is 0 Å². The molecule has 1 aliphatic carbocycles. The van der Waals surface area contributed by atoms with E-state index in [1.54, 1.807) is 13.8 Å². The predicted octanol–water partition coefficient (Wildman–Crippen LogP) is 1.15. The number of benzene rings is 2. The van der Waals surface area contributed by atoms with Crippen LogP contribution in [0.5, 0.6) is 5.75 Å². The largest absolute Gasteiger partial charge is 0.479 e. The van der Waals surface area contributed by atoms with Crippen LogP contribution in [0.1, 0.15) is 71.2 Å². The van der Waals surface area contributed by atoms with Crippen molar-refractivity contribution in [3.8, 4) is 29.5 Å². The van der Waals surface area contributed by atoms with E-state index in [0.29, 0.717) is 45.4 Å². The molecule has 69 heavy (non-hydrogen) atoms. The normalized spacial score (nSPS) is 23.1. The number of aliphatic hydroxyl groups excluding tert-OH is 3. The number of nitrogens with zero attached hydrogens (tertiary/aromatic N) is 3. The molecular weight excluding hydrogens is 910 g/mol. The number of carboxylic acid groups (broad SMARTS) is 1. The lowest BCUT2D eigenvalue weighted by atomic mass is 9.81. The molecule has 7 N–H and O–H groups in total. The van der Waals surface area contributed by atoms with Gasteiger partial charge < -0.3 is 69.3 Å². The third-order valence-electron chi connectivity index (χ3n) is 12.9. The van der Waals surface area contributed by atoms with Crippen molar-refractivity contribution in [2.75, 3.05) is 32.1 Å². The number of alkyl carbamates (subject to hydrolysis) is 1. The number of nitrogens with one attached hydrogen (secondary N) is 2. The highest BCUT2D eigenvalue weighted by atomic mass is 19.1. The number of anilines is 1. The Morgan fingerprint density at radius 2 is 1.86 bits per heavy atom. The number of aromatic nitrogens is 2. The second-order valence-corrected chi connectivity index (χ2v) is 17.1. The quantitative estimate of drug-likeness (QED) is 0.0467. The second-order valence-electron chi connectivity index (χ2n) is 17.1. The average molecular weight is 958 g/mol. The maximum atomic E-state index is 15.4. The lowest BCUT2D eigenvalue weighted by Gasteiger charge is -2.38. The number of aliphatic carboxylic acids is 1. The number of fused-ring (bicyclic) bond motifs is 5. The van der Waals surface area contributed by atoms with Gasteiger partial charge >= 0.3 is 18.0 Å². The van der Waals surface area contributed by atoms with E-state index in [1.807, 2.05) is 0 Å². The summed E-state index contributed by atoms with van der Waals surface area (Å²) in [5.41, 5.74) is 0.883. The number of hydrogen-bond acceptors (Lipinski definition) is 16. The molecule has 2 aromatic carbocycles. The smallest absolute Gasteiger partial charge is 0.407 e. The van der Waals surface area contributed by atoms with Crippen LogP contribution in [-0.2, 0) is 69.9 Å². The number of esters is 1. The van der Waals surface area contributed by atoms with Gasteiger partial charge in [0.25, 0.3) is 5.56 Å². The number of aliphatic hydroxyl groups is 4. The third-order valence-corrected chi connectivity index (χ3v) is 12.9. The lowest BCUT2D eigenvalue weighted by molar-refractivity contribution is -0.271. The SMILES string of the molecule is C#CCOCCC(=O)N(C)CC(=O)Nc1cc(COC(=O)N[C@H]2CCc3c(C)c(F)cc4nc5c(c2c34)Cn2c-5cc3c(c2=O)COC(=O)[C@]3(O)CC)ccc1O[C@@H]1OC(C(=O)O)[C@@H](O)C(O)[C@@H]1O. The highest BCUT2D eigenvalue weighted by molar-refractivity contribution is 5.96. The van der Waals surface area contributed by atoms with Crippen LogP contribution in [0, 0.1) is 25.1 Å². The van der Waals surface area contributed by atoms with Crippen molar-refractivity contribution in [2.24, 2.45) is 0 Å². The minimum absolute atomic E-state index is 0.00384. The van der Waals surface area contributed by atoms with Crippen molar-refractivity contribution in [1.29, 1.82) is 0 Å². The van der Waals surface area contributed by atoms with Crippen molar-refractivity contribution in [3.05, 3.63) is 85.4 Å². The molecule has 0 bridgehead atoms. The van der Waals surface area contributed by atoms with Gasteiger partial charge in [-0.15, -0.1) is 6.42 Å². The van der Waals surface area contributed by atoms with E-state index < -0.39 is 96.7 Å². The molecule has 8 rings (SSSR count). The monoisotopic (exact) mass is 957 g/mol. The van der Waals surface area contributed by atoms with E-state index in [-0.39, 0.29) is 79.3 Å². The molecule has 1 saturated heterocycles. The Balaban J connectivity index is 1.05. The van der Waals surface area contributed by atoms with Gasteiger partial charge in [-0.3, -0.25) is 14.4 Å². The fraction of sp³-hybridized carbons (Fsp3) is 0.426. The zero-order valence-electron chi connectivity index (χ0n) is 37.4. The Hall–Kier alpha value is -7.00. The molecule has 1 fully saturated rings. The average Bonchev–Trinajstić information content (AvgIpc) is 3.69. The van der Waals surface area contributed by atoms with Gasteiger partial charge in [0.2, 0.25) is 18.1 Å². The molecule has 0 saturated carbocycles. The zero-order chi connectivity index (χ0) is 49.6. The van der Waals surface area contributed by atoms with Crippen LogP contribution in [0.4, 0.5) is 14.9 Å². The fourth-order valence-electron chi connectivity index (χ4n) is 9.15. The number of ether oxygens (including phenoxy) is 5. The highest BCUT2D eigenvalue weighted by Crippen LogP contribution is 2.46. The van der Waals surface area contributed by atoms with Crippen LogP contribution in [0.15, 0.2) is 35.1 Å². The number of aryl methyl sites for hydroxylation is 1. The first-order valence-corrected chi connectivity index (χ1v) is 21.9. The van der Waals surface area contributed by atoms with Crippen LogP contribution in [0.3, 0.4) is 0 Å². The van der Waals surface area contributed by atoms with Crippen LogP contribution < -0.4 is 20.9 Å². The Bertz CT molecular complexity index is 2900. The number of amides is 3. The number of halogens is 1. The summed E-state index contributed by atoms with van der Waals surface area (Å²) in [6.45, 7) is 2.02. The first-order valence-electron chi connectivity index (χ1n) is 21.9. The van der Waals surface area contributed by atoms with E-state index in [1.165, 1.54) is 41.9 Å². The highest BCUT2D eigenvalue weighted by Gasteiger charge is 2.49. The zero-order valence-corrected chi connectivity index (χ0v) is 37.4. The molecule has 2 unspecified atom stereocenters. The molecule has 3 amide bonds. The Labute approximate surface area is 391 Å². The Kier molecular flexibility index (Phi) is 13.5. The third kappa shape index (κ3) is 8.95. The van der Waals surface area contributed by atoms with Crippen molar-refractivity contribution in [2.45, 2.75) is 102 Å². The van der Waals surface area contributed by atoms with E-state index in [0.717, 1.165) is 4.90 Å². The van der Waals surface area contributed by atoms with E-state index in [2.05, 4.69) is 16.6 Å². The van der Waals surface area contributed by atoms with Gasteiger partial charge in [0.05, 0.1) is 60.3 Å². The topological polar surface area (TPSA) is 295 Å². The predicted molar refractivity (Wildman–Crippen MR) is 236 cm³/mol. The van der Waals surface area contributed by atoms with Crippen LogP contribution >= 0.6 is 0 Å². The minimum atomic E-state index is -2.08. The molecule has 22 heteroatoms. The summed E-state index contributed by atoms with van der Waals surface area (Å²) in [5, 5.41) is 58.2. The number of carbonyl (C=O) groups is 5. The number of hydrogen-bond donors (Lipinski definition) is 7. The Morgan fingerprint density at radius 3 is 2.58 bits per heavy atom. The summed E-state index contributed by atoms with van der Waals surface area (Å²) >= 11 is 0. The maximum Gasteiger partial charge on any atom is 0.407 e. The van der Waals surface area contributed by atoms with Gasteiger partial charge in [-0.05, 0) is 66.6 Å². The number of pyridine rings is 2. The summed E-state index contributed by atoms with van der Waals surface area (Å²) in [5.74, 6) is -2.17. The number of rotatable bonds is 14. The molecule has 4 aliphatic rings. The van der Waals surface area contributed by atoms with E-state index in [9.17, 15) is 54.3 Å². The molecule has 3 aliphatic heterocycles. The number of cyclic esters (lactones) is 1. The standard InChI is InChI=1S/C47H48FN5O16/c1-5-12-65-13-11-34(55)52(4)18-33(54)49-29-14-22(7-10-32(29)68-44-40(58)38(56)39(57)41(69-44)43(60)61)19-67-46(63)51-28-9-8-23-21(3)27(48)16-30-35(23)36(28)24-17-53-31(37(24)50-30)15-26-25(42(53)59)20-66-45(62)47(26,64)6-2/h1,7,10,14-16,28,38-41,44,56-58,64H,6,8-9,11-13,17-20H2,2-4H3,(H,49,54)(H,51,63)(H,60,61)/t28-,38?,39-,40-,41?,44+,47-/m0/s1. The summed E-state index contributed by atoms with van der Waals surface area (Å²) < 4.78 is 44.0. The molecule has 21 nitrogen and oxygen atoms in total. The van der Waals surface area contributed by atoms with E-state index in [4.69, 9.17) is 35.1 Å². The first kappa shape index (κ1) is 48.5. The number of carboxylic acids is 1. The molecule has 2 aromatic heterocycles. The molecule has 0 spiro atoms. The summed E-state index contributed by atoms with van der Waals surface area (Å²) in [6.07, 6.45) is -5.07. The number of carbonyl (C=O) groups excluding carboxylic acids is 4. The van der Waals surface area contributed by atoms with Crippen LogP contribution in [0.2, 0.25) is 0 Å². The van der Waals surface area contributed by atoms with E-state index >= 15 is 4.39 Å². The van der Waals surface area contributed by atoms with Crippen LogP contribution in [0.25, 0.3) is 22.3 Å². The molecule has 364 valence electrons. The van der Waals surface area contributed by atoms with Gasteiger partial charge in [-0.25, -0.2) is 23.8 Å². The van der Waals surface area contributed by atoms with Gasteiger partial charge in [0.1, 0.15) is 49.7 Å². The summed E-state index contributed by atoms with van der Waals surface area (Å²) in [4.78, 5) is 84.2. The van der Waals surface area contributed by atoms with Crippen LogP contribution in [-0.4, -0.2) is 127 Å². The van der Waals surface area contributed by atoms with Crippen molar-refractivity contribution < 1.29 is 77.6 Å². The Morgan fingerprint density at radius 1 is 1.09 bits per heavy atom. The van der Waals surface area contributed by atoms with Gasteiger partial charge in [-0.2, -0.15) is 0 Å². The summed E-state index contributed by atoms with van der Waals surface area (Å²) in [6, 6.07) is 6.12. The van der Waals surface area contributed by atoms with Crippen molar-refractivity contribution in [1.82, 2.24) is 19.8 Å². The fourth-order valence-corrected chi connectivity index (χ4v) is 9.15. The minimum Gasteiger partial charge on any atom is -0.479 e. The van der Waals surface area contributed by atoms with Gasteiger partial charge in [0.15, 0.2) is 11.7 Å². The van der Waals surface area contributed by atoms with Gasteiger partial charge in [0, 0.05) is 29.6 Å². The lowest BCUT2D eigenvalue weighted by Crippen LogP contribution is -2.61. The molecule has 0 radical (unpaired) electrons. The number of terminal acetylenes is 1. The van der Waals surface area contributed by atoms with Gasteiger partial charge in [-0.1, -0.05) is 18.9 Å². The molecule has 7 atom stereocenters.